The lowest BCUT2D eigenvalue weighted by atomic mass is 10.0. The third kappa shape index (κ3) is 4.37. The summed E-state index contributed by atoms with van der Waals surface area (Å²) in [5, 5.41) is 3.82. The van der Waals surface area contributed by atoms with Crippen LogP contribution in [0.2, 0.25) is 0 Å². The molecule has 0 aliphatic carbocycles. The first-order valence-electron chi connectivity index (χ1n) is 9.67. The second-order valence-corrected chi connectivity index (χ2v) is 6.82. The highest BCUT2D eigenvalue weighted by molar-refractivity contribution is 5.98. The molecule has 0 fully saturated rings. The number of carbonyl (C=O) groups is 1. The molecule has 4 nitrogen and oxygen atoms in total. The van der Waals surface area contributed by atoms with Crippen LogP contribution >= 0.6 is 0 Å². The van der Waals surface area contributed by atoms with Crippen LogP contribution in [-0.2, 0) is 0 Å². The van der Waals surface area contributed by atoms with Crippen LogP contribution in [0, 0.1) is 12.7 Å². The van der Waals surface area contributed by atoms with Gasteiger partial charge in [0.15, 0.2) is 0 Å². The molecule has 5 heteroatoms. The summed E-state index contributed by atoms with van der Waals surface area (Å²) in [7, 11) is 0. The van der Waals surface area contributed by atoms with Crippen LogP contribution in [0.4, 0.5) is 4.39 Å². The number of hydrogen-bond acceptors (Lipinski definition) is 3. The number of amides is 1. The molecule has 0 saturated carbocycles. The zero-order valence-electron chi connectivity index (χ0n) is 16.6. The molecule has 1 heterocycles. The van der Waals surface area contributed by atoms with E-state index in [1.807, 2.05) is 18.2 Å². The molecule has 1 unspecified atom stereocenters. The number of nitrogens with one attached hydrogen (secondary N) is 1. The van der Waals surface area contributed by atoms with E-state index >= 15 is 0 Å². The van der Waals surface area contributed by atoms with Crippen molar-refractivity contribution < 1.29 is 9.18 Å². The van der Waals surface area contributed by atoms with E-state index in [9.17, 15) is 9.18 Å². The van der Waals surface area contributed by atoms with Gasteiger partial charge < -0.3 is 5.32 Å². The van der Waals surface area contributed by atoms with Crippen LogP contribution in [0.1, 0.15) is 41.5 Å². The van der Waals surface area contributed by atoms with Crippen molar-refractivity contribution >= 4 is 16.8 Å². The van der Waals surface area contributed by atoms with Crippen molar-refractivity contribution in [2.24, 2.45) is 0 Å². The van der Waals surface area contributed by atoms with Gasteiger partial charge in [-0.05, 0) is 43.8 Å². The predicted molar refractivity (Wildman–Crippen MR) is 111 cm³/mol. The molecule has 1 N–H and O–H groups in total. The second-order valence-electron chi connectivity index (χ2n) is 6.82. The Hall–Kier alpha value is -2.79. The number of rotatable bonds is 7. The van der Waals surface area contributed by atoms with Gasteiger partial charge in [-0.2, -0.15) is 0 Å². The van der Waals surface area contributed by atoms with E-state index in [1.54, 1.807) is 19.1 Å². The molecule has 0 spiro atoms. The van der Waals surface area contributed by atoms with Gasteiger partial charge in [0.1, 0.15) is 5.82 Å². The van der Waals surface area contributed by atoms with Crippen molar-refractivity contribution in [3.63, 3.8) is 0 Å². The standard InChI is InChI=1S/C23H26FN3O/c1-4-27(5-2)22(17-9-7-6-8-10-17)15-25-23(28)20-13-18-11-12-19(24)14-21(18)26-16(20)3/h6-14,22H,4-5,15H2,1-3H3,(H,25,28). The van der Waals surface area contributed by atoms with Gasteiger partial charge in [-0.25, -0.2) is 4.39 Å². The Labute approximate surface area is 165 Å². The van der Waals surface area contributed by atoms with Gasteiger partial charge in [-0.1, -0.05) is 44.2 Å². The maximum atomic E-state index is 13.4. The Morgan fingerprint density at radius 2 is 1.82 bits per heavy atom. The Balaban J connectivity index is 1.82. The van der Waals surface area contributed by atoms with Gasteiger partial charge in [0.25, 0.3) is 5.91 Å². The average molecular weight is 379 g/mol. The molecule has 0 aliphatic rings. The summed E-state index contributed by atoms with van der Waals surface area (Å²) in [5.74, 6) is -0.495. The molecule has 1 amide bonds. The van der Waals surface area contributed by atoms with Gasteiger partial charge in [0.05, 0.1) is 22.8 Å². The number of fused-ring (bicyclic) bond motifs is 1. The highest BCUT2D eigenvalue weighted by Gasteiger charge is 2.20. The zero-order valence-corrected chi connectivity index (χ0v) is 16.6. The summed E-state index contributed by atoms with van der Waals surface area (Å²) < 4.78 is 13.4. The van der Waals surface area contributed by atoms with Gasteiger partial charge in [0.2, 0.25) is 0 Å². The maximum Gasteiger partial charge on any atom is 0.253 e. The van der Waals surface area contributed by atoms with Crippen LogP contribution in [-0.4, -0.2) is 35.4 Å². The fraction of sp³-hybridized carbons (Fsp3) is 0.304. The quantitative estimate of drug-likeness (QED) is 0.658. The monoisotopic (exact) mass is 379 g/mol. The van der Waals surface area contributed by atoms with Gasteiger partial charge >= 0.3 is 0 Å². The second kappa shape index (κ2) is 8.93. The number of carbonyl (C=O) groups excluding carboxylic acids is 1. The predicted octanol–water partition coefficient (Wildman–Crippen LogP) is 4.50. The number of hydrogen-bond donors (Lipinski definition) is 1. The van der Waals surface area contributed by atoms with Crippen molar-refractivity contribution in [1.82, 2.24) is 15.2 Å². The molecule has 0 saturated heterocycles. The summed E-state index contributed by atoms with van der Waals surface area (Å²) in [6, 6.07) is 16.5. The number of halogens is 1. The molecular weight excluding hydrogens is 353 g/mol. The molecule has 1 aromatic heterocycles. The third-order valence-corrected chi connectivity index (χ3v) is 5.11. The topological polar surface area (TPSA) is 45.2 Å². The van der Waals surface area contributed by atoms with Crippen LogP contribution < -0.4 is 5.32 Å². The number of likely N-dealkylation sites (N-methyl/N-ethyl adjacent to an activating group) is 1. The van der Waals surface area contributed by atoms with Crippen LogP contribution in [0.15, 0.2) is 54.6 Å². The van der Waals surface area contributed by atoms with E-state index in [0.29, 0.717) is 23.3 Å². The van der Waals surface area contributed by atoms with Crippen LogP contribution in [0.25, 0.3) is 10.9 Å². The minimum Gasteiger partial charge on any atom is -0.350 e. The van der Waals surface area contributed by atoms with Crippen LogP contribution in [0.5, 0.6) is 0 Å². The Bertz CT molecular complexity index is 955. The lowest BCUT2D eigenvalue weighted by Crippen LogP contribution is -2.38. The number of nitrogens with zero attached hydrogens (tertiary/aromatic N) is 2. The zero-order chi connectivity index (χ0) is 20.1. The fourth-order valence-electron chi connectivity index (χ4n) is 3.55. The molecule has 1 atom stereocenters. The Kier molecular flexibility index (Phi) is 6.37. The van der Waals surface area contributed by atoms with E-state index < -0.39 is 0 Å². The smallest absolute Gasteiger partial charge is 0.253 e. The van der Waals surface area contributed by atoms with Crippen LogP contribution in [0.3, 0.4) is 0 Å². The fourth-order valence-corrected chi connectivity index (χ4v) is 3.55. The third-order valence-electron chi connectivity index (χ3n) is 5.11. The first kappa shape index (κ1) is 20.0. The largest absolute Gasteiger partial charge is 0.350 e. The molecule has 3 aromatic rings. The first-order chi connectivity index (χ1) is 13.5. The van der Waals surface area contributed by atoms with Crippen molar-refractivity contribution in [2.45, 2.75) is 26.8 Å². The molecule has 3 rings (SSSR count). The van der Waals surface area contributed by atoms with Gasteiger partial charge in [0, 0.05) is 18.0 Å². The number of benzene rings is 2. The Morgan fingerprint density at radius 3 is 2.50 bits per heavy atom. The van der Waals surface area contributed by atoms with E-state index in [2.05, 4.69) is 41.2 Å². The summed E-state index contributed by atoms with van der Waals surface area (Å²) in [5.41, 5.74) is 2.84. The molecule has 0 bridgehead atoms. The molecule has 28 heavy (non-hydrogen) atoms. The van der Waals surface area contributed by atoms with E-state index in [4.69, 9.17) is 0 Å². The summed E-state index contributed by atoms with van der Waals surface area (Å²) >= 11 is 0. The normalized spacial score (nSPS) is 12.3. The summed E-state index contributed by atoms with van der Waals surface area (Å²) in [6.07, 6.45) is 0. The molecular formula is C23H26FN3O. The molecule has 0 radical (unpaired) electrons. The molecule has 0 aliphatic heterocycles. The lowest BCUT2D eigenvalue weighted by Gasteiger charge is -2.30. The first-order valence-corrected chi connectivity index (χ1v) is 9.67. The minimum atomic E-state index is -0.332. The molecule has 146 valence electrons. The highest BCUT2D eigenvalue weighted by atomic mass is 19.1. The highest BCUT2D eigenvalue weighted by Crippen LogP contribution is 2.21. The van der Waals surface area contributed by atoms with E-state index in [1.165, 1.54) is 17.7 Å². The van der Waals surface area contributed by atoms with Gasteiger partial charge in [-0.15, -0.1) is 0 Å². The van der Waals surface area contributed by atoms with Crippen molar-refractivity contribution in [3.8, 4) is 0 Å². The van der Waals surface area contributed by atoms with Crippen molar-refractivity contribution in [1.29, 1.82) is 0 Å². The van der Waals surface area contributed by atoms with E-state index in [0.717, 1.165) is 18.5 Å². The number of aryl methyl sites for hydroxylation is 1. The van der Waals surface area contributed by atoms with Crippen molar-refractivity contribution in [2.75, 3.05) is 19.6 Å². The number of aromatic nitrogens is 1. The lowest BCUT2D eigenvalue weighted by molar-refractivity contribution is 0.0934. The summed E-state index contributed by atoms with van der Waals surface area (Å²) in [4.78, 5) is 19.6. The number of pyridine rings is 1. The SMILES string of the molecule is CCN(CC)C(CNC(=O)c1cc2ccc(F)cc2nc1C)c1ccccc1. The minimum absolute atomic E-state index is 0.1000. The van der Waals surface area contributed by atoms with Gasteiger partial charge in [-0.3, -0.25) is 14.7 Å². The Morgan fingerprint density at radius 1 is 1.11 bits per heavy atom. The van der Waals surface area contributed by atoms with E-state index in [-0.39, 0.29) is 17.8 Å². The molecule has 2 aromatic carbocycles. The average Bonchev–Trinajstić information content (AvgIpc) is 2.71. The maximum absolute atomic E-state index is 13.4. The summed E-state index contributed by atoms with van der Waals surface area (Å²) in [6.45, 7) is 8.32. The van der Waals surface area contributed by atoms with Crippen molar-refractivity contribution in [3.05, 3.63) is 77.2 Å².